The molecular weight excluding hydrogens is 364 g/mol. The fourth-order valence-electron chi connectivity index (χ4n) is 2.52. The van der Waals surface area contributed by atoms with Crippen LogP contribution in [-0.4, -0.2) is 38.2 Å². The van der Waals surface area contributed by atoms with Crippen molar-refractivity contribution < 1.29 is 33.3 Å². The molecule has 0 bridgehead atoms. The maximum atomic E-state index is 12.9. The molecule has 0 spiro atoms. The Labute approximate surface area is 163 Å². The van der Waals surface area contributed by atoms with Crippen LogP contribution >= 0.6 is 0 Å². The summed E-state index contributed by atoms with van der Waals surface area (Å²) in [5, 5.41) is 0. The lowest BCUT2D eigenvalue weighted by molar-refractivity contribution is -0.185. The van der Waals surface area contributed by atoms with Crippen LogP contribution < -0.4 is 4.74 Å². The topological polar surface area (TPSA) is 88.1 Å². The number of ether oxygens (including phenoxy) is 4. The highest BCUT2D eigenvalue weighted by Crippen LogP contribution is 2.32. The average molecular weight is 386 g/mol. The van der Waals surface area contributed by atoms with Gasteiger partial charge in [0.2, 0.25) is 0 Å². The molecular formula is C21H22O7. The molecule has 2 aromatic carbocycles. The minimum Gasteiger partial charge on any atom is -0.497 e. The van der Waals surface area contributed by atoms with Crippen LogP contribution in [0.5, 0.6) is 5.75 Å². The first-order chi connectivity index (χ1) is 13.5. The van der Waals surface area contributed by atoms with Crippen LogP contribution in [0.3, 0.4) is 0 Å². The zero-order chi connectivity index (χ0) is 20.6. The van der Waals surface area contributed by atoms with E-state index < -0.39 is 23.5 Å². The molecule has 0 unspecified atom stereocenters. The molecule has 0 saturated heterocycles. The van der Waals surface area contributed by atoms with E-state index in [0.717, 1.165) is 0 Å². The van der Waals surface area contributed by atoms with Gasteiger partial charge in [0.15, 0.2) is 0 Å². The lowest BCUT2D eigenvalue weighted by Gasteiger charge is -2.29. The van der Waals surface area contributed by atoms with E-state index in [2.05, 4.69) is 0 Å². The smallest absolute Gasteiger partial charge is 0.367 e. The maximum Gasteiger partial charge on any atom is 0.367 e. The van der Waals surface area contributed by atoms with Crippen LogP contribution in [0.15, 0.2) is 54.6 Å². The van der Waals surface area contributed by atoms with Crippen molar-refractivity contribution in [3.8, 4) is 5.75 Å². The van der Waals surface area contributed by atoms with Gasteiger partial charge in [-0.15, -0.1) is 0 Å². The number of rotatable bonds is 8. The second-order valence-electron chi connectivity index (χ2n) is 5.61. The van der Waals surface area contributed by atoms with E-state index >= 15 is 0 Å². The Bertz CT molecular complexity index is 794. The summed E-state index contributed by atoms with van der Waals surface area (Å²) in [6.07, 6.45) is 0. The lowest BCUT2D eigenvalue weighted by atomic mass is 9.93. The second kappa shape index (κ2) is 9.55. The number of esters is 3. The fourth-order valence-corrected chi connectivity index (χ4v) is 2.52. The number of carbonyl (C=O) groups excluding carboxylic acids is 3. The highest BCUT2D eigenvalue weighted by atomic mass is 16.6. The third kappa shape index (κ3) is 4.31. The van der Waals surface area contributed by atoms with Gasteiger partial charge >= 0.3 is 23.5 Å². The summed E-state index contributed by atoms with van der Waals surface area (Å²) in [6.45, 7) is 3.14. The zero-order valence-corrected chi connectivity index (χ0v) is 16.0. The van der Waals surface area contributed by atoms with Crippen LogP contribution in [0, 0.1) is 0 Å². The number of hydrogen-bond acceptors (Lipinski definition) is 7. The van der Waals surface area contributed by atoms with Crippen LogP contribution in [-0.2, 0) is 29.4 Å². The predicted octanol–water partition coefficient (Wildman–Crippen LogP) is 2.87. The molecule has 0 heterocycles. The van der Waals surface area contributed by atoms with E-state index in [0.29, 0.717) is 5.75 Å². The first kappa shape index (κ1) is 21.0. The van der Waals surface area contributed by atoms with Crippen molar-refractivity contribution in [1.82, 2.24) is 0 Å². The van der Waals surface area contributed by atoms with Gasteiger partial charge in [-0.3, -0.25) is 0 Å². The Morgan fingerprint density at radius 1 is 0.821 bits per heavy atom. The molecule has 0 aromatic heterocycles. The molecule has 0 aliphatic heterocycles. The molecule has 148 valence electrons. The summed E-state index contributed by atoms with van der Waals surface area (Å²) in [5.74, 6) is -2.44. The van der Waals surface area contributed by atoms with E-state index in [-0.39, 0.29) is 24.3 Å². The minimum absolute atomic E-state index is 0.0149. The summed E-state index contributed by atoms with van der Waals surface area (Å²) >= 11 is 0. The Hall–Kier alpha value is -3.35. The third-order valence-electron chi connectivity index (χ3n) is 3.88. The maximum absolute atomic E-state index is 12.9. The molecule has 2 aromatic rings. The summed E-state index contributed by atoms with van der Waals surface area (Å²) in [5.41, 5.74) is -2.13. The quantitative estimate of drug-likeness (QED) is 0.392. The van der Waals surface area contributed by atoms with Gasteiger partial charge < -0.3 is 18.9 Å². The Morgan fingerprint density at radius 2 is 1.36 bits per heavy atom. The highest BCUT2D eigenvalue weighted by molar-refractivity contribution is 6.07. The molecule has 0 aliphatic carbocycles. The van der Waals surface area contributed by atoms with Crippen molar-refractivity contribution >= 4 is 17.9 Å². The monoisotopic (exact) mass is 386 g/mol. The van der Waals surface area contributed by atoms with Gasteiger partial charge in [0.25, 0.3) is 0 Å². The molecule has 2 rings (SSSR count). The van der Waals surface area contributed by atoms with Crippen molar-refractivity contribution in [2.45, 2.75) is 19.4 Å². The molecule has 28 heavy (non-hydrogen) atoms. The lowest BCUT2D eigenvalue weighted by Crippen LogP contribution is -2.49. The summed E-state index contributed by atoms with van der Waals surface area (Å²) in [6, 6.07) is 14.0. The summed E-state index contributed by atoms with van der Waals surface area (Å²) in [7, 11) is 1.48. The van der Waals surface area contributed by atoms with Crippen molar-refractivity contribution in [3.05, 3.63) is 65.7 Å². The number of carbonyl (C=O) groups is 3. The van der Waals surface area contributed by atoms with Crippen molar-refractivity contribution in [2.24, 2.45) is 0 Å². The van der Waals surface area contributed by atoms with E-state index in [1.807, 2.05) is 0 Å². The Morgan fingerprint density at radius 3 is 1.82 bits per heavy atom. The molecule has 0 radical (unpaired) electrons. The zero-order valence-electron chi connectivity index (χ0n) is 16.0. The Kier molecular flexibility index (Phi) is 7.14. The SMILES string of the molecule is CCOC(=O)C(OC(=O)c1ccccc1)(C(=O)OCC)c1ccc(OC)cc1. The standard InChI is InChI=1S/C21H22O7/c1-4-26-19(23)21(20(24)27-5-2,16-11-13-17(25-3)14-12-16)28-18(22)15-9-7-6-8-10-15/h6-14H,4-5H2,1-3H3. The molecule has 7 nitrogen and oxygen atoms in total. The summed E-state index contributed by atoms with van der Waals surface area (Å²) < 4.78 is 20.7. The first-order valence-electron chi connectivity index (χ1n) is 8.76. The van der Waals surface area contributed by atoms with Crippen molar-refractivity contribution in [2.75, 3.05) is 20.3 Å². The minimum atomic E-state index is -2.40. The van der Waals surface area contributed by atoms with Gasteiger partial charge in [-0.2, -0.15) is 0 Å². The van der Waals surface area contributed by atoms with Gasteiger partial charge in [0.05, 0.1) is 25.9 Å². The molecule has 0 saturated carbocycles. The highest BCUT2D eigenvalue weighted by Gasteiger charge is 2.55. The van der Waals surface area contributed by atoms with Gasteiger partial charge in [-0.1, -0.05) is 30.3 Å². The van der Waals surface area contributed by atoms with Gasteiger partial charge in [0.1, 0.15) is 5.75 Å². The normalized spacial score (nSPS) is 10.7. The molecule has 0 fully saturated rings. The van der Waals surface area contributed by atoms with Gasteiger partial charge in [-0.05, 0) is 38.1 Å². The van der Waals surface area contributed by atoms with Crippen molar-refractivity contribution in [3.63, 3.8) is 0 Å². The number of methoxy groups -OCH3 is 1. The molecule has 0 N–H and O–H groups in total. The first-order valence-corrected chi connectivity index (χ1v) is 8.76. The van der Waals surface area contributed by atoms with Crippen LogP contribution in [0.4, 0.5) is 0 Å². The second-order valence-corrected chi connectivity index (χ2v) is 5.61. The van der Waals surface area contributed by atoms with Gasteiger partial charge in [0, 0.05) is 5.56 Å². The summed E-state index contributed by atoms with van der Waals surface area (Å²) in [4.78, 5) is 38.5. The van der Waals surface area contributed by atoms with Crippen molar-refractivity contribution in [1.29, 1.82) is 0 Å². The van der Waals surface area contributed by atoms with Crippen LogP contribution in [0.2, 0.25) is 0 Å². The molecule has 0 aliphatic rings. The van der Waals surface area contributed by atoms with Gasteiger partial charge in [-0.25, -0.2) is 14.4 Å². The number of benzene rings is 2. The van der Waals surface area contributed by atoms with E-state index in [9.17, 15) is 14.4 Å². The third-order valence-corrected chi connectivity index (χ3v) is 3.88. The fraction of sp³-hybridized carbons (Fsp3) is 0.286. The predicted molar refractivity (Wildman–Crippen MR) is 99.8 cm³/mol. The van der Waals surface area contributed by atoms with Crippen LogP contribution in [0.1, 0.15) is 29.8 Å². The largest absolute Gasteiger partial charge is 0.497 e. The molecule has 7 heteroatoms. The molecule has 0 atom stereocenters. The van der Waals surface area contributed by atoms with E-state index in [4.69, 9.17) is 18.9 Å². The Balaban J connectivity index is 2.59. The number of hydrogen-bond donors (Lipinski definition) is 0. The average Bonchev–Trinajstić information content (AvgIpc) is 2.73. The van der Waals surface area contributed by atoms with E-state index in [1.54, 1.807) is 44.2 Å². The van der Waals surface area contributed by atoms with Crippen LogP contribution in [0.25, 0.3) is 0 Å². The molecule has 0 amide bonds. The van der Waals surface area contributed by atoms with E-state index in [1.165, 1.54) is 31.4 Å².